The highest BCUT2D eigenvalue weighted by atomic mass is 35.5. The van der Waals surface area contributed by atoms with Crippen molar-refractivity contribution in [3.63, 3.8) is 0 Å². The molecule has 0 amide bonds. The van der Waals surface area contributed by atoms with E-state index in [4.69, 9.17) is 17.3 Å². The molecule has 0 heterocycles. The van der Waals surface area contributed by atoms with Crippen molar-refractivity contribution in [1.29, 1.82) is 0 Å². The average Bonchev–Trinajstić information content (AvgIpc) is 2.13. The van der Waals surface area contributed by atoms with Crippen LogP contribution in [0.1, 0.15) is 24.0 Å². The normalized spacial score (nSPS) is 28.9. The number of aliphatic hydroxyl groups is 1. The summed E-state index contributed by atoms with van der Waals surface area (Å²) in [6.45, 7) is 0. The number of hydrogen-bond donors (Lipinski definition) is 2. The second-order valence-electron chi connectivity index (χ2n) is 4.41. The Balaban J connectivity index is 2.32. The van der Waals surface area contributed by atoms with Crippen LogP contribution in [0.4, 0.5) is 13.2 Å². The highest BCUT2D eigenvalue weighted by Crippen LogP contribution is 2.42. The molecule has 1 saturated carbocycles. The predicted molar refractivity (Wildman–Crippen MR) is 57.6 cm³/mol. The van der Waals surface area contributed by atoms with E-state index in [1.807, 2.05) is 0 Å². The molecule has 0 unspecified atom stereocenters. The van der Waals surface area contributed by atoms with E-state index in [0.29, 0.717) is 18.4 Å². The van der Waals surface area contributed by atoms with Crippen LogP contribution in [0.25, 0.3) is 0 Å². The lowest BCUT2D eigenvalue weighted by Gasteiger charge is -2.42. The number of alkyl halides is 3. The number of nitrogens with two attached hydrogens (primary N) is 1. The summed E-state index contributed by atoms with van der Waals surface area (Å²) in [4.78, 5) is 0. The van der Waals surface area contributed by atoms with Gasteiger partial charge in [0.15, 0.2) is 0 Å². The fourth-order valence-electron chi connectivity index (χ4n) is 2.07. The maximum atomic E-state index is 12.5. The Bertz CT molecular complexity index is 441. The number of halogens is 4. The van der Waals surface area contributed by atoms with Crippen molar-refractivity contribution in [2.45, 2.75) is 30.7 Å². The molecule has 1 aromatic rings. The molecule has 6 heteroatoms. The van der Waals surface area contributed by atoms with Gasteiger partial charge >= 0.3 is 6.18 Å². The molecule has 1 aliphatic carbocycles. The minimum Gasteiger partial charge on any atom is -0.393 e. The molecular weight excluding hydrogens is 255 g/mol. The smallest absolute Gasteiger partial charge is 0.393 e. The maximum Gasteiger partial charge on any atom is 0.417 e. The minimum absolute atomic E-state index is 0.342. The van der Waals surface area contributed by atoms with Crippen LogP contribution in [0.3, 0.4) is 0 Å². The van der Waals surface area contributed by atoms with Gasteiger partial charge in [0, 0.05) is 5.54 Å². The van der Waals surface area contributed by atoms with Gasteiger partial charge in [-0.15, -0.1) is 0 Å². The average molecular weight is 266 g/mol. The molecule has 0 aliphatic heterocycles. The van der Waals surface area contributed by atoms with E-state index >= 15 is 0 Å². The Kier molecular flexibility index (Phi) is 2.88. The summed E-state index contributed by atoms with van der Waals surface area (Å²) in [6.07, 6.45) is -4.26. The van der Waals surface area contributed by atoms with Crippen LogP contribution < -0.4 is 5.73 Å². The van der Waals surface area contributed by atoms with Gasteiger partial charge in [0.05, 0.1) is 16.7 Å². The highest BCUT2D eigenvalue weighted by Gasteiger charge is 2.42. The van der Waals surface area contributed by atoms with Crippen molar-refractivity contribution >= 4 is 11.6 Å². The van der Waals surface area contributed by atoms with Crippen LogP contribution in [0, 0.1) is 0 Å². The second-order valence-corrected chi connectivity index (χ2v) is 4.82. The van der Waals surface area contributed by atoms with Crippen molar-refractivity contribution in [2.75, 3.05) is 0 Å². The van der Waals surface area contributed by atoms with Gasteiger partial charge in [0.2, 0.25) is 0 Å². The van der Waals surface area contributed by atoms with E-state index < -0.39 is 23.4 Å². The lowest BCUT2D eigenvalue weighted by atomic mass is 9.70. The highest BCUT2D eigenvalue weighted by molar-refractivity contribution is 6.31. The summed E-state index contributed by atoms with van der Waals surface area (Å²) < 4.78 is 37.4. The molecule has 0 radical (unpaired) electrons. The molecular formula is C11H11ClF3NO. The quantitative estimate of drug-likeness (QED) is 0.820. The molecule has 2 nitrogen and oxygen atoms in total. The summed E-state index contributed by atoms with van der Waals surface area (Å²) in [5.41, 5.74) is 4.85. The zero-order valence-corrected chi connectivity index (χ0v) is 9.52. The summed E-state index contributed by atoms with van der Waals surface area (Å²) in [5.74, 6) is 0. The Morgan fingerprint density at radius 2 is 1.94 bits per heavy atom. The van der Waals surface area contributed by atoms with Gasteiger partial charge in [0.1, 0.15) is 0 Å². The zero-order chi connectivity index (χ0) is 12.8. The Labute approximate surface area is 101 Å². The lowest BCUT2D eigenvalue weighted by molar-refractivity contribution is -0.137. The molecule has 1 aliphatic rings. The second kappa shape index (κ2) is 3.86. The van der Waals surface area contributed by atoms with Crippen molar-refractivity contribution in [3.05, 3.63) is 34.3 Å². The van der Waals surface area contributed by atoms with Crippen LogP contribution >= 0.6 is 11.6 Å². The molecule has 0 bridgehead atoms. The van der Waals surface area contributed by atoms with Gasteiger partial charge in [-0.3, -0.25) is 0 Å². The first-order valence-corrected chi connectivity index (χ1v) is 5.44. The van der Waals surface area contributed by atoms with E-state index in [1.54, 1.807) is 0 Å². The summed E-state index contributed by atoms with van der Waals surface area (Å²) in [6, 6.07) is 3.48. The maximum absolute atomic E-state index is 12.5. The molecule has 0 saturated heterocycles. The van der Waals surface area contributed by atoms with Crippen LogP contribution in [0.2, 0.25) is 5.02 Å². The largest absolute Gasteiger partial charge is 0.417 e. The molecule has 0 atom stereocenters. The fraction of sp³-hybridized carbons (Fsp3) is 0.455. The van der Waals surface area contributed by atoms with Crippen LogP contribution in [0.5, 0.6) is 0 Å². The van der Waals surface area contributed by atoms with Crippen LogP contribution in [-0.2, 0) is 11.7 Å². The van der Waals surface area contributed by atoms with E-state index in [1.165, 1.54) is 12.1 Å². The Hall–Kier alpha value is -0.780. The molecule has 0 spiro atoms. The Morgan fingerprint density at radius 3 is 2.35 bits per heavy atom. The molecule has 1 aromatic carbocycles. The first-order valence-electron chi connectivity index (χ1n) is 5.06. The molecule has 3 N–H and O–H groups in total. The number of hydrogen-bond acceptors (Lipinski definition) is 2. The fourth-order valence-corrected chi connectivity index (χ4v) is 2.36. The van der Waals surface area contributed by atoms with Gasteiger partial charge in [-0.05, 0) is 30.5 Å². The van der Waals surface area contributed by atoms with Crippen molar-refractivity contribution in [3.8, 4) is 0 Å². The lowest BCUT2D eigenvalue weighted by Crippen LogP contribution is -2.51. The van der Waals surface area contributed by atoms with E-state index in [-0.39, 0.29) is 5.02 Å². The van der Waals surface area contributed by atoms with Gasteiger partial charge in [-0.1, -0.05) is 17.7 Å². The van der Waals surface area contributed by atoms with Gasteiger partial charge in [-0.2, -0.15) is 13.2 Å². The summed E-state index contributed by atoms with van der Waals surface area (Å²) in [5, 5.41) is 8.85. The standard InChI is InChI=1S/C11H11ClF3NO/c12-9-3-6(10(16)4-7(17)5-10)1-2-8(9)11(13,14)15/h1-3,7,17H,4-5,16H2. The molecule has 0 aromatic heterocycles. The molecule has 2 rings (SSSR count). The van der Waals surface area contributed by atoms with E-state index in [0.717, 1.165) is 6.07 Å². The van der Waals surface area contributed by atoms with Crippen LogP contribution in [0.15, 0.2) is 18.2 Å². The molecule has 17 heavy (non-hydrogen) atoms. The molecule has 1 fully saturated rings. The summed E-state index contributed by atoms with van der Waals surface area (Å²) in [7, 11) is 0. The van der Waals surface area contributed by atoms with Gasteiger partial charge < -0.3 is 10.8 Å². The monoisotopic (exact) mass is 265 g/mol. The first kappa shape index (κ1) is 12.7. The third kappa shape index (κ3) is 2.27. The van der Waals surface area contributed by atoms with E-state index in [9.17, 15) is 18.3 Å². The molecule has 94 valence electrons. The van der Waals surface area contributed by atoms with Crippen molar-refractivity contribution < 1.29 is 18.3 Å². The van der Waals surface area contributed by atoms with E-state index in [2.05, 4.69) is 0 Å². The number of benzene rings is 1. The third-order valence-electron chi connectivity index (χ3n) is 3.05. The first-order chi connectivity index (χ1) is 7.72. The van der Waals surface area contributed by atoms with Gasteiger partial charge in [-0.25, -0.2) is 0 Å². The zero-order valence-electron chi connectivity index (χ0n) is 8.76. The van der Waals surface area contributed by atoms with Crippen LogP contribution in [-0.4, -0.2) is 11.2 Å². The number of aliphatic hydroxyl groups excluding tert-OH is 1. The summed E-state index contributed by atoms with van der Waals surface area (Å²) >= 11 is 5.60. The topological polar surface area (TPSA) is 46.2 Å². The van der Waals surface area contributed by atoms with Crippen molar-refractivity contribution in [1.82, 2.24) is 0 Å². The third-order valence-corrected chi connectivity index (χ3v) is 3.36. The van der Waals surface area contributed by atoms with Gasteiger partial charge in [0.25, 0.3) is 0 Å². The SMILES string of the molecule is NC1(c2ccc(C(F)(F)F)c(Cl)c2)CC(O)C1. The Morgan fingerprint density at radius 1 is 1.35 bits per heavy atom. The minimum atomic E-state index is -4.46. The van der Waals surface area contributed by atoms with Crippen molar-refractivity contribution in [2.24, 2.45) is 5.73 Å². The predicted octanol–water partition coefficient (Wildman–Crippen LogP) is 2.67. The number of rotatable bonds is 1.